The molecule has 0 saturated heterocycles. The number of rotatable bonds is 1. The molecule has 86 valence electrons. The van der Waals surface area contributed by atoms with E-state index in [-0.39, 0.29) is 5.78 Å². The van der Waals surface area contributed by atoms with Crippen LogP contribution < -0.4 is 0 Å². The number of nitrogens with zero attached hydrogens (tertiary/aromatic N) is 1. The highest BCUT2D eigenvalue weighted by Crippen LogP contribution is 2.29. The molecule has 0 amide bonds. The summed E-state index contributed by atoms with van der Waals surface area (Å²) in [7, 11) is 0. The first-order valence-electron chi connectivity index (χ1n) is 6.25. The average Bonchev–Trinajstić information content (AvgIpc) is 2.37. The van der Waals surface area contributed by atoms with Crippen LogP contribution >= 0.6 is 0 Å². The van der Waals surface area contributed by atoms with Gasteiger partial charge in [-0.15, -0.1) is 0 Å². The zero-order valence-electron chi connectivity index (χ0n) is 9.99. The van der Waals surface area contributed by atoms with Crippen LogP contribution in [0.4, 0.5) is 0 Å². The van der Waals surface area contributed by atoms with E-state index in [0.717, 1.165) is 30.5 Å². The Bertz CT molecular complexity index is 601. The van der Waals surface area contributed by atoms with Crippen molar-refractivity contribution in [3.63, 3.8) is 0 Å². The topological polar surface area (TPSA) is 30.0 Å². The van der Waals surface area contributed by atoms with Gasteiger partial charge in [0.05, 0.1) is 5.52 Å². The maximum atomic E-state index is 11.9. The summed E-state index contributed by atoms with van der Waals surface area (Å²) >= 11 is 0. The van der Waals surface area contributed by atoms with Crippen LogP contribution in [0, 0.1) is 0 Å². The van der Waals surface area contributed by atoms with Crippen molar-refractivity contribution in [2.24, 2.45) is 0 Å². The molecule has 0 bridgehead atoms. The molecule has 0 saturated carbocycles. The maximum Gasteiger partial charge on any atom is 0.181 e. The normalized spacial score (nSPS) is 15.0. The van der Waals surface area contributed by atoms with E-state index in [1.165, 1.54) is 16.5 Å². The minimum atomic E-state index is 0.215. The first-order valence-corrected chi connectivity index (χ1v) is 6.25. The Morgan fingerprint density at radius 1 is 1.24 bits per heavy atom. The van der Waals surface area contributed by atoms with Crippen LogP contribution in [0.25, 0.3) is 10.9 Å². The molecule has 1 aliphatic rings. The van der Waals surface area contributed by atoms with Gasteiger partial charge in [0.1, 0.15) is 5.69 Å². The van der Waals surface area contributed by atoms with Crippen LogP contribution in [0.2, 0.25) is 0 Å². The molecule has 0 N–H and O–H groups in total. The average molecular weight is 225 g/mol. The maximum absolute atomic E-state index is 11.9. The zero-order chi connectivity index (χ0) is 11.8. The summed E-state index contributed by atoms with van der Waals surface area (Å²) in [5.74, 6) is 0.215. The van der Waals surface area contributed by atoms with Gasteiger partial charge in [0.15, 0.2) is 5.78 Å². The van der Waals surface area contributed by atoms with Crippen LogP contribution in [0.15, 0.2) is 24.3 Å². The van der Waals surface area contributed by atoms with E-state index in [4.69, 9.17) is 0 Å². The predicted octanol–water partition coefficient (Wildman–Crippen LogP) is 3.32. The highest BCUT2D eigenvalue weighted by molar-refractivity contribution is 6.00. The minimum Gasteiger partial charge on any atom is -0.292 e. The Morgan fingerprint density at radius 3 is 2.88 bits per heavy atom. The number of carbonyl (C=O) groups is 1. The monoisotopic (exact) mass is 225 g/mol. The van der Waals surface area contributed by atoms with Gasteiger partial charge in [-0.2, -0.15) is 0 Å². The molecule has 1 aromatic carbocycles. The van der Waals surface area contributed by atoms with Gasteiger partial charge >= 0.3 is 0 Å². The Balaban J connectivity index is 2.40. The molecule has 0 atom stereocenters. The van der Waals surface area contributed by atoms with E-state index in [0.29, 0.717) is 6.42 Å². The van der Waals surface area contributed by atoms with E-state index in [2.05, 4.69) is 18.0 Å². The number of carbonyl (C=O) groups excluding carboxylic acids is 1. The molecule has 0 radical (unpaired) electrons. The zero-order valence-corrected chi connectivity index (χ0v) is 9.99. The number of fused-ring (bicyclic) bond motifs is 2. The minimum absolute atomic E-state index is 0.215. The largest absolute Gasteiger partial charge is 0.292 e. The van der Waals surface area contributed by atoms with E-state index in [9.17, 15) is 4.79 Å². The molecule has 2 heteroatoms. The summed E-state index contributed by atoms with van der Waals surface area (Å²) in [6, 6.07) is 8.13. The Labute approximate surface area is 101 Å². The summed E-state index contributed by atoms with van der Waals surface area (Å²) in [6.07, 6.45) is 3.60. The highest BCUT2D eigenvalue weighted by atomic mass is 16.1. The van der Waals surface area contributed by atoms with Gasteiger partial charge in [-0.25, -0.2) is 4.98 Å². The number of benzene rings is 1. The summed E-state index contributed by atoms with van der Waals surface area (Å²) in [4.78, 5) is 16.5. The lowest BCUT2D eigenvalue weighted by atomic mass is 9.88. The number of aryl methyl sites for hydroxylation is 1. The summed E-state index contributed by atoms with van der Waals surface area (Å²) in [5, 5.41) is 1.21. The lowest BCUT2D eigenvalue weighted by Gasteiger charge is -2.19. The first-order chi connectivity index (χ1) is 8.31. The number of ketones is 1. The second kappa shape index (κ2) is 3.95. The summed E-state index contributed by atoms with van der Waals surface area (Å²) in [5.41, 5.74) is 4.20. The number of aromatic nitrogens is 1. The number of hydrogen-bond donors (Lipinski definition) is 0. The van der Waals surface area contributed by atoms with Gasteiger partial charge in [-0.3, -0.25) is 4.79 Å². The number of pyridine rings is 1. The van der Waals surface area contributed by atoms with Crippen molar-refractivity contribution in [3.05, 3.63) is 41.1 Å². The van der Waals surface area contributed by atoms with E-state index < -0.39 is 0 Å². The summed E-state index contributed by atoms with van der Waals surface area (Å²) < 4.78 is 0. The third kappa shape index (κ3) is 1.55. The van der Waals surface area contributed by atoms with Crippen molar-refractivity contribution in [3.8, 4) is 0 Å². The van der Waals surface area contributed by atoms with Crippen molar-refractivity contribution >= 4 is 16.7 Å². The smallest absolute Gasteiger partial charge is 0.181 e. The fourth-order valence-corrected chi connectivity index (χ4v) is 2.77. The molecule has 2 nitrogen and oxygen atoms in total. The SMILES string of the molecule is CCc1c2c(nc3ccccc13)C(=O)CCC2. The predicted molar refractivity (Wildman–Crippen MR) is 68.4 cm³/mol. The molecule has 17 heavy (non-hydrogen) atoms. The third-order valence-electron chi connectivity index (χ3n) is 3.56. The van der Waals surface area contributed by atoms with E-state index >= 15 is 0 Å². The third-order valence-corrected chi connectivity index (χ3v) is 3.56. The van der Waals surface area contributed by atoms with Crippen molar-refractivity contribution in [2.75, 3.05) is 0 Å². The fourth-order valence-electron chi connectivity index (χ4n) is 2.77. The van der Waals surface area contributed by atoms with E-state index in [1.54, 1.807) is 0 Å². The number of Topliss-reactive ketones (excluding diaryl/α,β-unsaturated/α-hetero) is 1. The van der Waals surface area contributed by atoms with Crippen molar-refractivity contribution < 1.29 is 4.79 Å². The molecular weight excluding hydrogens is 210 g/mol. The van der Waals surface area contributed by atoms with Crippen molar-refractivity contribution in [1.82, 2.24) is 4.98 Å². The number of hydrogen-bond acceptors (Lipinski definition) is 2. The van der Waals surface area contributed by atoms with Crippen LogP contribution in [-0.4, -0.2) is 10.8 Å². The van der Waals surface area contributed by atoms with Gasteiger partial charge in [-0.05, 0) is 36.5 Å². The molecule has 1 aliphatic carbocycles. The highest BCUT2D eigenvalue weighted by Gasteiger charge is 2.22. The standard InChI is InChI=1S/C15H15NO/c1-2-10-11-6-3-4-8-13(11)16-15-12(10)7-5-9-14(15)17/h3-4,6,8H,2,5,7,9H2,1H3. The Hall–Kier alpha value is -1.70. The molecular formula is C15H15NO. The molecule has 3 rings (SSSR count). The molecule has 1 heterocycles. The first kappa shape index (κ1) is 10.5. The van der Waals surface area contributed by atoms with Gasteiger partial charge in [0.25, 0.3) is 0 Å². The fraction of sp³-hybridized carbons (Fsp3) is 0.333. The summed E-state index contributed by atoms with van der Waals surface area (Å²) in [6.45, 7) is 2.15. The second-order valence-corrected chi connectivity index (χ2v) is 4.56. The van der Waals surface area contributed by atoms with Gasteiger partial charge in [0, 0.05) is 11.8 Å². The van der Waals surface area contributed by atoms with Gasteiger partial charge in [0.2, 0.25) is 0 Å². The molecule has 1 aromatic heterocycles. The molecule has 0 aliphatic heterocycles. The van der Waals surface area contributed by atoms with Crippen LogP contribution in [-0.2, 0) is 12.8 Å². The van der Waals surface area contributed by atoms with E-state index in [1.807, 2.05) is 18.2 Å². The van der Waals surface area contributed by atoms with Crippen molar-refractivity contribution in [1.29, 1.82) is 0 Å². The quantitative estimate of drug-likeness (QED) is 0.745. The molecule has 0 unspecified atom stereocenters. The molecule has 0 spiro atoms. The second-order valence-electron chi connectivity index (χ2n) is 4.56. The Morgan fingerprint density at radius 2 is 2.06 bits per heavy atom. The van der Waals surface area contributed by atoms with Crippen LogP contribution in [0.1, 0.15) is 41.4 Å². The van der Waals surface area contributed by atoms with Gasteiger partial charge in [-0.1, -0.05) is 25.1 Å². The molecule has 0 fully saturated rings. The lowest BCUT2D eigenvalue weighted by molar-refractivity contribution is 0.0967. The van der Waals surface area contributed by atoms with Crippen LogP contribution in [0.3, 0.4) is 0 Å². The lowest BCUT2D eigenvalue weighted by Crippen LogP contribution is -2.15. The Kier molecular flexibility index (Phi) is 2.43. The van der Waals surface area contributed by atoms with Crippen molar-refractivity contribution in [2.45, 2.75) is 32.6 Å². The molecule has 2 aromatic rings. The van der Waals surface area contributed by atoms with Gasteiger partial charge < -0.3 is 0 Å². The van der Waals surface area contributed by atoms with Crippen LogP contribution in [0.5, 0.6) is 0 Å². The number of para-hydroxylation sites is 1.